The van der Waals surface area contributed by atoms with E-state index in [1.54, 1.807) is 11.8 Å². The van der Waals surface area contributed by atoms with Crippen LogP contribution in [-0.4, -0.2) is 41.2 Å². The Morgan fingerprint density at radius 2 is 2.06 bits per heavy atom. The maximum atomic E-state index is 11.6. The van der Waals surface area contributed by atoms with Gasteiger partial charge >= 0.3 is 12.0 Å². The molecule has 3 N–H and O–H groups in total. The molecule has 0 saturated heterocycles. The van der Waals surface area contributed by atoms with Gasteiger partial charge in [0.05, 0.1) is 6.42 Å². The highest BCUT2D eigenvalue weighted by atomic mass is 32.2. The van der Waals surface area contributed by atoms with Gasteiger partial charge in [0.1, 0.15) is 0 Å². The van der Waals surface area contributed by atoms with E-state index in [0.29, 0.717) is 5.92 Å². The molecule has 1 rings (SSSR count). The lowest BCUT2D eigenvalue weighted by atomic mass is 10.1. The Morgan fingerprint density at radius 3 is 2.53 bits per heavy atom. The van der Waals surface area contributed by atoms with Crippen LogP contribution in [0.1, 0.15) is 26.2 Å². The van der Waals surface area contributed by atoms with Crippen LogP contribution in [0.3, 0.4) is 0 Å². The molecule has 1 aliphatic rings. The molecule has 2 atom stereocenters. The molecule has 0 aromatic carbocycles. The molecular formula is C11H20N2O3S. The van der Waals surface area contributed by atoms with Crippen molar-refractivity contribution in [3.63, 3.8) is 0 Å². The van der Waals surface area contributed by atoms with Crippen molar-refractivity contribution in [3.8, 4) is 0 Å². The second-order valence-corrected chi connectivity index (χ2v) is 5.43. The molecule has 2 unspecified atom stereocenters. The molecule has 98 valence electrons. The number of hydrogen-bond donors (Lipinski definition) is 3. The Hall–Kier alpha value is -0.910. The van der Waals surface area contributed by atoms with Gasteiger partial charge in [0, 0.05) is 17.8 Å². The quantitative estimate of drug-likeness (QED) is 0.644. The number of carbonyl (C=O) groups excluding carboxylic acids is 1. The summed E-state index contributed by atoms with van der Waals surface area (Å²) in [7, 11) is 0. The normalized spacial score (nSPS) is 18.2. The summed E-state index contributed by atoms with van der Waals surface area (Å²) >= 11 is 1.66. The zero-order valence-corrected chi connectivity index (χ0v) is 11.0. The molecular weight excluding hydrogens is 240 g/mol. The summed E-state index contributed by atoms with van der Waals surface area (Å²) in [5.41, 5.74) is 0. The monoisotopic (exact) mass is 260 g/mol. The second kappa shape index (κ2) is 6.74. The third-order valence-corrected chi connectivity index (χ3v) is 3.53. The van der Waals surface area contributed by atoms with Gasteiger partial charge in [-0.25, -0.2) is 4.79 Å². The van der Waals surface area contributed by atoms with Crippen LogP contribution in [0.5, 0.6) is 0 Å². The number of nitrogens with one attached hydrogen (secondary N) is 2. The van der Waals surface area contributed by atoms with Gasteiger partial charge in [-0.05, 0) is 31.9 Å². The van der Waals surface area contributed by atoms with Gasteiger partial charge in [0.2, 0.25) is 0 Å². The summed E-state index contributed by atoms with van der Waals surface area (Å²) in [6, 6.07) is -0.395. The highest BCUT2D eigenvalue weighted by molar-refractivity contribution is 7.98. The zero-order chi connectivity index (χ0) is 12.8. The molecule has 0 aromatic rings. The lowest BCUT2D eigenvalue weighted by molar-refractivity contribution is -0.137. The molecule has 0 bridgehead atoms. The minimum absolute atomic E-state index is 0.00892. The van der Waals surface area contributed by atoms with Crippen molar-refractivity contribution in [1.29, 1.82) is 0 Å². The molecule has 1 fully saturated rings. The van der Waals surface area contributed by atoms with Crippen LogP contribution in [0.4, 0.5) is 4.79 Å². The van der Waals surface area contributed by atoms with Crippen molar-refractivity contribution in [2.24, 2.45) is 5.92 Å². The van der Waals surface area contributed by atoms with E-state index in [1.165, 1.54) is 0 Å². The number of hydrogen-bond acceptors (Lipinski definition) is 3. The van der Waals surface area contributed by atoms with Crippen molar-refractivity contribution >= 4 is 23.8 Å². The second-order valence-electron chi connectivity index (χ2n) is 4.52. The van der Waals surface area contributed by atoms with E-state index in [4.69, 9.17) is 5.11 Å². The SMILES string of the molecule is CSCC(C)NC(=O)NC(CC(=O)O)C1CC1. The van der Waals surface area contributed by atoms with E-state index < -0.39 is 5.97 Å². The minimum Gasteiger partial charge on any atom is -0.481 e. The number of rotatable bonds is 7. The third kappa shape index (κ3) is 5.81. The summed E-state index contributed by atoms with van der Waals surface area (Å²) < 4.78 is 0. The fourth-order valence-corrected chi connectivity index (χ4v) is 2.33. The lowest BCUT2D eigenvalue weighted by Gasteiger charge is -2.19. The predicted molar refractivity (Wildman–Crippen MR) is 68.3 cm³/mol. The number of carboxylic acids is 1. The summed E-state index contributed by atoms with van der Waals surface area (Å²) in [4.78, 5) is 22.3. The summed E-state index contributed by atoms with van der Waals surface area (Å²) in [6.07, 6.45) is 4.01. The Balaban J connectivity index is 2.33. The summed E-state index contributed by atoms with van der Waals surface area (Å²) in [6.45, 7) is 1.93. The number of thioether (sulfide) groups is 1. The molecule has 2 amide bonds. The summed E-state index contributed by atoms with van der Waals surface area (Å²) in [5.74, 6) is 0.326. The van der Waals surface area contributed by atoms with E-state index in [-0.39, 0.29) is 24.5 Å². The Bertz CT molecular complexity index is 282. The number of urea groups is 1. The fraction of sp³-hybridized carbons (Fsp3) is 0.818. The van der Waals surface area contributed by atoms with Crippen molar-refractivity contribution in [3.05, 3.63) is 0 Å². The van der Waals surface area contributed by atoms with Crippen LogP contribution in [0.2, 0.25) is 0 Å². The van der Waals surface area contributed by atoms with Crippen LogP contribution in [0, 0.1) is 5.92 Å². The highest BCUT2D eigenvalue weighted by Gasteiger charge is 2.33. The zero-order valence-electron chi connectivity index (χ0n) is 10.2. The molecule has 1 saturated carbocycles. The van der Waals surface area contributed by atoms with Crippen LogP contribution < -0.4 is 10.6 Å². The van der Waals surface area contributed by atoms with Gasteiger partial charge in [0.15, 0.2) is 0 Å². The Kier molecular flexibility index (Phi) is 5.61. The molecule has 0 spiro atoms. The molecule has 5 nitrogen and oxygen atoms in total. The maximum Gasteiger partial charge on any atom is 0.315 e. The number of carbonyl (C=O) groups is 2. The fourth-order valence-electron chi connectivity index (χ4n) is 1.75. The van der Waals surface area contributed by atoms with E-state index in [1.807, 2.05) is 13.2 Å². The molecule has 6 heteroatoms. The Labute approximate surface area is 106 Å². The molecule has 0 aliphatic heterocycles. The average Bonchev–Trinajstić information content (AvgIpc) is 2.98. The third-order valence-electron chi connectivity index (χ3n) is 2.70. The van der Waals surface area contributed by atoms with Gasteiger partial charge in [-0.15, -0.1) is 0 Å². The van der Waals surface area contributed by atoms with Crippen LogP contribution in [0.15, 0.2) is 0 Å². The van der Waals surface area contributed by atoms with Crippen molar-refractivity contribution in [2.45, 2.75) is 38.3 Å². The van der Waals surface area contributed by atoms with Crippen LogP contribution in [0.25, 0.3) is 0 Å². The Morgan fingerprint density at radius 1 is 1.41 bits per heavy atom. The molecule has 0 radical (unpaired) electrons. The molecule has 17 heavy (non-hydrogen) atoms. The van der Waals surface area contributed by atoms with Crippen LogP contribution in [-0.2, 0) is 4.79 Å². The van der Waals surface area contributed by atoms with E-state index in [9.17, 15) is 9.59 Å². The van der Waals surface area contributed by atoms with Crippen molar-refractivity contribution < 1.29 is 14.7 Å². The first kappa shape index (κ1) is 14.2. The topological polar surface area (TPSA) is 78.4 Å². The van der Waals surface area contributed by atoms with E-state index >= 15 is 0 Å². The van der Waals surface area contributed by atoms with Gasteiger partial charge in [-0.1, -0.05) is 0 Å². The first-order valence-corrected chi connectivity index (χ1v) is 7.20. The van der Waals surface area contributed by atoms with Crippen molar-refractivity contribution in [1.82, 2.24) is 10.6 Å². The van der Waals surface area contributed by atoms with Gasteiger partial charge in [-0.2, -0.15) is 11.8 Å². The molecule has 1 aliphatic carbocycles. The van der Waals surface area contributed by atoms with Gasteiger partial charge in [0.25, 0.3) is 0 Å². The van der Waals surface area contributed by atoms with E-state index in [0.717, 1.165) is 18.6 Å². The molecule has 0 heterocycles. The first-order valence-electron chi connectivity index (χ1n) is 5.80. The smallest absolute Gasteiger partial charge is 0.315 e. The average molecular weight is 260 g/mol. The van der Waals surface area contributed by atoms with Crippen molar-refractivity contribution in [2.75, 3.05) is 12.0 Å². The lowest BCUT2D eigenvalue weighted by Crippen LogP contribution is -2.47. The highest BCUT2D eigenvalue weighted by Crippen LogP contribution is 2.33. The standard InChI is InChI=1S/C11H20N2O3S/c1-7(6-17-2)12-11(16)13-9(5-10(14)15)8-3-4-8/h7-9H,3-6H2,1-2H3,(H,14,15)(H2,12,13,16). The maximum absolute atomic E-state index is 11.6. The first-order chi connectivity index (χ1) is 8.02. The number of carboxylic acid groups (broad SMARTS) is 1. The number of amides is 2. The van der Waals surface area contributed by atoms with Gasteiger partial charge < -0.3 is 15.7 Å². The number of aliphatic carboxylic acids is 1. The van der Waals surface area contributed by atoms with Gasteiger partial charge in [-0.3, -0.25) is 4.79 Å². The molecule has 0 aromatic heterocycles. The largest absolute Gasteiger partial charge is 0.481 e. The van der Waals surface area contributed by atoms with E-state index in [2.05, 4.69) is 10.6 Å². The minimum atomic E-state index is -0.862. The summed E-state index contributed by atoms with van der Waals surface area (Å²) in [5, 5.41) is 14.3. The van der Waals surface area contributed by atoms with Crippen LogP contribution >= 0.6 is 11.8 Å². The predicted octanol–water partition coefficient (Wildman–Crippen LogP) is 1.29.